The second-order valence-electron chi connectivity index (χ2n) is 4.60. The Hall–Kier alpha value is -0.190. The van der Waals surface area contributed by atoms with Gasteiger partial charge in [-0.15, -0.1) is 12.4 Å². The predicted molar refractivity (Wildman–Crippen MR) is 82.9 cm³/mol. The monoisotopic (exact) mass is 324 g/mol. The number of halogens is 3. The van der Waals surface area contributed by atoms with Crippen molar-refractivity contribution < 1.29 is 4.74 Å². The van der Waals surface area contributed by atoms with Gasteiger partial charge < -0.3 is 10.5 Å². The van der Waals surface area contributed by atoms with Gasteiger partial charge in [-0.3, -0.25) is 4.90 Å². The fourth-order valence-electron chi connectivity index (χ4n) is 2.19. The molecular formula is C13H19Cl3N2O. The first-order chi connectivity index (χ1) is 8.66. The third-order valence-electron chi connectivity index (χ3n) is 3.11. The Morgan fingerprint density at radius 2 is 2.00 bits per heavy atom. The predicted octanol–water partition coefficient (Wildman–Crippen LogP) is 3.22. The summed E-state index contributed by atoms with van der Waals surface area (Å²) in [6, 6.07) is 5.66. The van der Waals surface area contributed by atoms with Crippen molar-refractivity contribution in [3.05, 3.63) is 28.2 Å². The lowest BCUT2D eigenvalue weighted by atomic mass is 10.1. The van der Waals surface area contributed by atoms with Crippen molar-refractivity contribution in [2.45, 2.75) is 18.9 Å². The number of nitrogens with two attached hydrogens (primary N) is 1. The highest BCUT2D eigenvalue weighted by Crippen LogP contribution is 2.32. The van der Waals surface area contributed by atoms with Gasteiger partial charge in [0.15, 0.2) is 5.75 Å². The molecule has 19 heavy (non-hydrogen) atoms. The standard InChI is InChI=1S/C13H18Cl2N2O.ClH/c14-11-4-1-5-12(15)13(11)18-8-7-17-6-2-3-10(16)9-17;/h1,4-5,10H,2-3,6-9,16H2;1H/t10-;/m1./s1. The summed E-state index contributed by atoms with van der Waals surface area (Å²) < 4.78 is 5.66. The molecular weight excluding hydrogens is 307 g/mol. The Bertz CT molecular complexity index is 383. The number of hydrogen-bond acceptors (Lipinski definition) is 3. The zero-order chi connectivity index (χ0) is 13.0. The summed E-state index contributed by atoms with van der Waals surface area (Å²) >= 11 is 12.1. The van der Waals surface area contributed by atoms with Crippen LogP contribution in [-0.4, -0.2) is 37.2 Å². The van der Waals surface area contributed by atoms with Crippen molar-refractivity contribution in [3.8, 4) is 5.75 Å². The zero-order valence-electron chi connectivity index (χ0n) is 10.6. The Balaban J connectivity index is 0.00000180. The molecule has 0 bridgehead atoms. The Morgan fingerprint density at radius 1 is 1.32 bits per heavy atom. The lowest BCUT2D eigenvalue weighted by molar-refractivity contribution is 0.171. The summed E-state index contributed by atoms with van der Waals surface area (Å²) in [6.07, 6.45) is 2.28. The molecule has 0 amide bonds. The van der Waals surface area contributed by atoms with Crippen LogP contribution in [0.5, 0.6) is 5.75 Å². The van der Waals surface area contributed by atoms with Gasteiger partial charge in [0.2, 0.25) is 0 Å². The Morgan fingerprint density at radius 3 is 2.63 bits per heavy atom. The number of benzene rings is 1. The molecule has 2 rings (SSSR count). The van der Waals surface area contributed by atoms with Crippen LogP contribution in [0.3, 0.4) is 0 Å². The summed E-state index contributed by atoms with van der Waals surface area (Å²) in [6.45, 7) is 3.47. The fraction of sp³-hybridized carbons (Fsp3) is 0.538. The first-order valence-corrected chi connectivity index (χ1v) is 6.97. The van der Waals surface area contributed by atoms with Crippen LogP contribution >= 0.6 is 35.6 Å². The molecule has 0 radical (unpaired) electrons. The van der Waals surface area contributed by atoms with Crippen molar-refractivity contribution in [3.63, 3.8) is 0 Å². The lowest BCUT2D eigenvalue weighted by Gasteiger charge is -2.30. The number of hydrogen-bond donors (Lipinski definition) is 1. The minimum absolute atomic E-state index is 0. The molecule has 1 fully saturated rings. The molecule has 0 aromatic heterocycles. The molecule has 2 N–H and O–H groups in total. The van der Waals surface area contributed by atoms with E-state index in [0.717, 1.165) is 32.5 Å². The van der Waals surface area contributed by atoms with Crippen molar-refractivity contribution in [1.82, 2.24) is 4.90 Å². The van der Waals surface area contributed by atoms with Gasteiger partial charge in [0.05, 0.1) is 10.0 Å². The van der Waals surface area contributed by atoms with Crippen LogP contribution in [0, 0.1) is 0 Å². The number of likely N-dealkylation sites (tertiary alicyclic amines) is 1. The van der Waals surface area contributed by atoms with Crippen LogP contribution in [0.25, 0.3) is 0 Å². The van der Waals surface area contributed by atoms with Crippen molar-refractivity contribution in [2.24, 2.45) is 5.73 Å². The van der Waals surface area contributed by atoms with Crippen LogP contribution < -0.4 is 10.5 Å². The van der Waals surface area contributed by atoms with E-state index >= 15 is 0 Å². The van der Waals surface area contributed by atoms with Crippen LogP contribution in [-0.2, 0) is 0 Å². The highest BCUT2D eigenvalue weighted by molar-refractivity contribution is 6.37. The summed E-state index contributed by atoms with van der Waals surface area (Å²) in [5.41, 5.74) is 5.93. The third-order valence-corrected chi connectivity index (χ3v) is 3.71. The quantitative estimate of drug-likeness (QED) is 0.924. The van der Waals surface area contributed by atoms with Gasteiger partial charge in [-0.1, -0.05) is 29.3 Å². The minimum atomic E-state index is 0. The molecule has 3 nitrogen and oxygen atoms in total. The van der Waals surface area contributed by atoms with Crippen LogP contribution in [0.15, 0.2) is 18.2 Å². The van der Waals surface area contributed by atoms with Gasteiger partial charge in [-0.25, -0.2) is 0 Å². The third kappa shape index (κ3) is 5.01. The number of rotatable bonds is 4. The average molecular weight is 326 g/mol. The van der Waals surface area contributed by atoms with Gasteiger partial charge >= 0.3 is 0 Å². The number of nitrogens with zero attached hydrogens (tertiary/aromatic N) is 1. The Labute approximate surface area is 130 Å². The molecule has 0 spiro atoms. The molecule has 0 aliphatic carbocycles. The highest BCUT2D eigenvalue weighted by Gasteiger charge is 2.16. The molecule has 1 aromatic rings. The molecule has 0 unspecified atom stereocenters. The van der Waals surface area contributed by atoms with E-state index in [-0.39, 0.29) is 12.4 Å². The summed E-state index contributed by atoms with van der Waals surface area (Å²) in [5, 5.41) is 1.11. The van der Waals surface area contributed by atoms with Crippen molar-refractivity contribution in [1.29, 1.82) is 0 Å². The second-order valence-corrected chi connectivity index (χ2v) is 5.42. The molecule has 1 aliphatic heterocycles. The Kier molecular flexibility index (Phi) is 7.26. The van der Waals surface area contributed by atoms with E-state index in [1.165, 1.54) is 0 Å². The van der Waals surface area contributed by atoms with E-state index in [4.69, 9.17) is 33.7 Å². The molecule has 108 valence electrons. The molecule has 1 atom stereocenters. The van der Waals surface area contributed by atoms with Crippen molar-refractivity contribution in [2.75, 3.05) is 26.2 Å². The first-order valence-electron chi connectivity index (χ1n) is 6.21. The largest absolute Gasteiger partial charge is 0.489 e. The molecule has 1 aromatic carbocycles. The summed E-state index contributed by atoms with van der Waals surface area (Å²) in [7, 11) is 0. The number of piperidine rings is 1. The fourth-order valence-corrected chi connectivity index (χ4v) is 2.70. The van der Waals surface area contributed by atoms with Gasteiger partial charge in [-0.05, 0) is 31.5 Å². The van der Waals surface area contributed by atoms with Gasteiger partial charge in [-0.2, -0.15) is 0 Å². The number of para-hydroxylation sites is 1. The summed E-state index contributed by atoms with van der Waals surface area (Å²) in [5.74, 6) is 0.571. The van der Waals surface area contributed by atoms with Crippen LogP contribution in [0.1, 0.15) is 12.8 Å². The van der Waals surface area contributed by atoms with Crippen LogP contribution in [0.2, 0.25) is 10.0 Å². The normalized spacial score (nSPS) is 19.8. The average Bonchev–Trinajstić information content (AvgIpc) is 2.33. The highest BCUT2D eigenvalue weighted by atomic mass is 35.5. The first kappa shape index (κ1) is 16.9. The molecule has 1 heterocycles. The van der Waals surface area contributed by atoms with E-state index in [1.54, 1.807) is 18.2 Å². The SMILES string of the molecule is Cl.N[C@@H]1CCCN(CCOc2c(Cl)cccc2Cl)C1. The van der Waals surface area contributed by atoms with Gasteiger partial charge in [0.1, 0.15) is 6.61 Å². The van der Waals surface area contributed by atoms with E-state index in [9.17, 15) is 0 Å². The smallest absolute Gasteiger partial charge is 0.156 e. The van der Waals surface area contributed by atoms with E-state index in [2.05, 4.69) is 4.90 Å². The molecule has 1 saturated heterocycles. The van der Waals surface area contributed by atoms with Gasteiger partial charge in [0.25, 0.3) is 0 Å². The number of ether oxygens (including phenoxy) is 1. The van der Waals surface area contributed by atoms with Crippen LogP contribution in [0.4, 0.5) is 0 Å². The second kappa shape index (κ2) is 8.18. The maximum absolute atomic E-state index is 6.03. The molecule has 1 aliphatic rings. The summed E-state index contributed by atoms with van der Waals surface area (Å²) in [4.78, 5) is 2.32. The van der Waals surface area contributed by atoms with E-state index in [1.807, 2.05) is 0 Å². The molecule has 6 heteroatoms. The maximum Gasteiger partial charge on any atom is 0.156 e. The minimum Gasteiger partial charge on any atom is -0.489 e. The van der Waals surface area contributed by atoms with E-state index < -0.39 is 0 Å². The van der Waals surface area contributed by atoms with Gasteiger partial charge in [0, 0.05) is 19.1 Å². The maximum atomic E-state index is 6.03. The molecule has 0 saturated carbocycles. The zero-order valence-corrected chi connectivity index (χ0v) is 13.0. The topological polar surface area (TPSA) is 38.5 Å². The van der Waals surface area contributed by atoms with E-state index in [0.29, 0.717) is 28.4 Å². The van der Waals surface area contributed by atoms with Crippen molar-refractivity contribution >= 4 is 35.6 Å². The lowest BCUT2D eigenvalue weighted by Crippen LogP contribution is -2.44.